The maximum atomic E-state index is 12.8. The molecular weight excluding hydrogens is 324 g/mol. The van der Waals surface area contributed by atoms with Crippen LogP contribution in [0.1, 0.15) is 52.4 Å². The number of rotatable bonds is 3. The molecule has 0 saturated carbocycles. The molecule has 0 aliphatic heterocycles. The molecule has 3 nitrogen and oxygen atoms in total. The largest absolute Gasteiger partial charge is 0.508 e. The van der Waals surface area contributed by atoms with Crippen molar-refractivity contribution in [2.24, 2.45) is 0 Å². The number of hydrogen-bond donors (Lipinski definition) is 1. The van der Waals surface area contributed by atoms with Crippen LogP contribution in [0, 0.1) is 20.8 Å². The van der Waals surface area contributed by atoms with Gasteiger partial charge < -0.3 is 9.84 Å². The van der Waals surface area contributed by atoms with Gasteiger partial charge in [0.15, 0.2) is 0 Å². The minimum Gasteiger partial charge on any atom is -0.508 e. The first-order valence-electron chi connectivity index (χ1n) is 8.83. The van der Waals surface area contributed by atoms with E-state index in [-0.39, 0.29) is 11.7 Å². The Labute approximate surface area is 154 Å². The number of aromatic hydroxyl groups is 1. The van der Waals surface area contributed by atoms with Crippen molar-refractivity contribution < 1.29 is 14.6 Å². The third-order valence-electron chi connectivity index (χ3n) is 4.82. The molecule has 134 valence electrons. The van der Waals surface area contributed by atoms with Crippen molar-refractivity contribution in [3.8, 4) is 22.6 Å². The Hall–Kier alpha value is -2.81. The number of carbonyl (C=O) groups excluding carboxylic acids is 1. The van der Waals surface area contributed by atoms with Crippen molar-refractivity contribution in [1.29, 1.82) is 0 Å². The fourth-order valence-electron chi connectivity index (χ4n) is 3.21. The van der Waals surface area contributed by atoms with Crippen LogP contribution in [0.25, 0.3) is 11.1 Å². The van der Waals surface area contributed by atoms with Gasteiger partial charge in [0.1, 0.15) is 11.5 Å². The highest BCUT2D eigenvalue weighted by atomic mass is 16.5. The van der Waals surface area contributed by atoms with Crippen LogP contribution >= 0.6 is 0 Å². The van der Waals surface area contributed by atoms with Gasteiger partial charge in [-0.05, 0) is 84.3 Å². The van der Waals surface area contributed by atoms with Gasteiger partial charge in [-0.1, -0.05) is 32.0 Å². The summed E-state index contributed by atoms with van der Waals surface area (Å²) in [7, 11) is 0. The Morgan fingerprint density at radius 2 is 1.65 bits per heavy atom. The van der Waals surface area contributed by atoms with Crippen molar-refractivity contribution in [2.45, 2.75) is 40.5 Å². The van der Waals surface area contributed by atoms with Crippen molar-refractivity contribution >= 4 is 5.97 Å². The summed E-state index contributed by atoms with van der Waals surface area (Å²) in [4.78, 5) is 12.8. The SMILES string of the molecule is Cc1cc(OC(=O)c2cc(C)c3cc(C(C)C)ccc(C)c2-3)ccc1O. The maximum Gasteiger partial charge on any atom is 0.344 e. The lowest BCUT2D eigenvalue weighted by molar-refractivity contribution is 0.0735. The topological polar surface area (TPSA) is 46.5 Å². The van der Waals surface area contributed by atoms with Crippen molar-refractivity contribution in [1.82, 2.24) is 0 Å². The van der Waals surface area contributed by atoms with Gasteiger partial charge in [-0.3, -0.25) is 0 Å². The molecule has 1 N–H and O–H groups in total. The molecule has 3 rings (SSSR count). The number of hydrogen-bond acceptors (Lipinski definition) is 3. The van der Waals surface area contributed by atoms with Gasteiger partial charge in [0, 0.05) is 0 Å². The van der Waals surface area contributed by atoms with E-state index in [4.69, 9.17) is 4.74 Å². The van der Waals surface area contributed by atoms with E-state index in [9.17, 15) is 9.90 Å². The van der Waals surface area contributed by atoms with Crippen molar-refractivity contribution in [3.63, 3.8) is 0 Å². The van der Waals surface area contributed by atoms with Gasteiger partial charge in [-0.2, -0.15) is 0 Å². The molecule has 0 aromatic heterocycles. The summed E-state index contributed by atoms with van der Waals surface area (Å²) >= 11 is 0. The van der Waals surface area contributed by atoms with E-state index < -0.39 is 0 Å². The van der Waals surface area contributed by atoms with Crippen LogP contribution in [0.5, 0.6) is 11.5 Å². The average Bonchev–Trinajstić information content (AvgIpc) is 2.79. The summed E-state index contributed by atoms with van der Waals surface area (Å²) in [6, 6.07) is 13.1. The quantitative estimate of drug-likeness (QED) is 0.483. The van der Waals surface area contributed by atoms with Gasteiger partial charge in [0.2, 0.25) is 0 Å². The summed E-state index contributed by atoms with van der Waals surface area (Å²) in [5, 5.41) is 9.63. The van der Waals surface area contributed by atoms with Gasteiger partial charge in [0.25, 0.3) is 0 Å². The van der Waals surface area contributed by atoms with E-state index in [2.05, 4.69) is 32.0 Å². The molecule has 0 heterocycles. The molecule has 0 saturated heterocycles. The zero-order chi connectivity index (χ0) is 19.0. The lowest BCUT2D eigenvalue weighted by Crippen LogP contribution is -2.08. The number of fused-ring (bicyclic) bond motifs is 1. The standard InChI is InChI=1S/C23H24O3/c1-13(2)17-7-6-14(3)22-19(12-17)15(4)11-20(22)23(25)26-18-8-9-21(24)16(5)10-18/h6-13,24H,1-5H3. The molecule has 26 heavy (non-hydrogen) atoms. The first-order chi connectivity index (χ1) is 12.3. The molecule has 0 radical (unpaired) electrons. The number of phenols is 1. The zero-order valence-corrected chi connectivity index (χ0v) is 15.9. The van der Waals surface area contributed by atoms with E-state index in [1.54, 1.807) is 19.1 Å². The third kappa shape index (κ3) is 3.30. The summed E-state index contributed by atoms with van der Waals surface area (Å²) in [6.07, 6.45) is 0. The average molecular weight is 348 g/mol. The number of aryl methyl sites for hydroxylation is 3. The molecule has 0 bridgehead atoms. The van der Waals surface area contributed by atoms with E-state index in [0.29, 0.717) is 22.8 Å². The molecule has 2 aliphatic rings. The highest BCUT2D eigenvalue weighted by molar-refractivity contribution is 6.02. The number of carbonyl (C=O) groups is 1. The number of esters is 1. The highest BCUT2D eigenvalue weighted by Crippen LogP contribution is 2.36. The highest BCUT2D eigenvalue weighted by Gasteiger charge is 2.22. The van der Waals surface area contributed by atoms with Crippen molar-refractivity contribution in [3.05, 3.63) is 70.3 Å². The van der Waals surface area contributed by atoms with Gasteiger partial charge in [-0.25, -0.2) is 4.79 Å². The summed E-state index contributed by atoms with van der Waals surface area (Å²) in [5.41, 5.74) is 6.63. The van der Waals surface area contributed by atoms with Crippen LogP contribution in [-0.2, 0) is 0 Å². The molecular formula is C23H24O3. The predicted octanol–water partition coefficient (Wildman–Crippen LogP) is 5.76. The van der Waals surface area contributed by atoms with E-state index in [1.165, 1.54) is 11.6 Å². The lowest BCUT2D eigenvalue weighted by Gasteiger charge is -2.08. The summed E-state index contributed by atoms with van der Waals surface area (Å²) in [5.74, 6) is 0.643. The lowest BCUT2D eigenvalue weighted by atomic mass is 10.0. The Bertz CT molecular complexity index is 954. The van der Waals surface area contributed by atoms with E-state index in [1.807, 2.05) is 19.9 Å². The zero-order valence-electron chi connectivity index (χ0n) is 15.9. The minimum atomic E-state index is -0.381. The van der Waals surface area contributed by atoms with Gasteiger partial charge in [0.05, 0.1) is 5.56 Å². The van der Waals surface area contributed by atoms with Crippen LogP contribution in [-0.4, -0.2) is 11.1 Å². The minimum absolute atomic E-state index is 0.184. The second-order valence-electron chi connectivity index (χ2n) is 7.18. The summed E-state index contributed by atoms with van der Waals surface area (Å²) < 4.78 is 5.57. The van der Waals surface area contributed by atoms with Crippen molar-refractivity contribution in [2.75, 3.05) is 0 Å². The monoisotopic (exact) mass is 348 g/mol. The number of benzene rings is 1. The van der Waals surface area contributed by atoms with Crippen LogP contribution in [0.15, 0.2) is 42.5 Å². The molecule has 0 atom stereocenters. The van der Waals surface area contributed by atoms with Crippen LogP contribution in [0.3, 0.4) is 0 Å². The fourth-order valence-corrected chi connectivity index (χ4v) is 3.21. The Balaban J connectivity index is 2.03. The normalized spacial score (nSPS) is 11.2. The third-order valence-corrected chi connectivity index (χ3v) is 4.82. The number of ether oxygens (including phenoxy) is 1. The number of phenolic OH excluding ortho intramolecular Hbond substituents is 1. The summed E-state index contributed by atoms with van der Waals surface area (Å²) in [6.45, 7) is 10.1. The first-order valence-corrected chi connectivity index (χ1v) is 8.83. The Morgan fingerprint density at radius 1 is 0.923 bits per heavy atom. The maximum absolute atomic E-state index is 12.8. The predicted molar refractivity (Wildman–Crippen MR) is 104 cm³/mol. The van der Waals surface area contributed by atoms with Crippen LogP contribution < -0.4 is 4.74 Å². The van der Waals surface area contributed by atoms with Crippen LogP contribution in [0.2, 0.25) is 0 Å². The smallest absolute Gasteiger partial charge is 0.344 e. The molecule has 1 aromatic rings. The fraction of sp³-hybridized carbons (Fsp3) is 0.261. The molecule has 0 unspecified atom stereocenters. The molecule has 0 amide bonds. The second-order valence-corrected chi connectivity index (χ2v) is 7.18. The first kappa shape index (κ1) is 18.0. The molecule has 1 aromatic carbocycles. The Kier molecular flexibility index (Phi) is 4.73. The van der Waals surface area contributed by atoms with E-state index in [0.717, 1.165) is 22.3 Å². The van der Waals surface area contributed by atoms with Crippen LogP contribution in [0.4, 0.5) is 0 Å². The van der Waals surface area contributed by atoms with E-state index >= 15 is 0 Å². The molecule has 0 spiro atoms. The van der Waals surface area contributed by atoms with Gasteiger partial charge >= 0.3 is 5.97 Å². The Morgan fingerprint density at radius 3 is 2.31 bits per heavy atom. The van der Waals surface area contributed by atoms with Gasteiger partial charge in [-0.15, -0.1) is 0 Å². The molecule has 2 aliphatic carbocycles. The second kappa shape index (κ2) is 6.83. The molecule has 0 fully saturated rings. The molecule has 3 heteroatoms.